The average Bonchev–Trinajstić information content (AvgIpc) is 2.81. The highest BCUT2D eigenvalue weighted by Gasteiger charge is 2.10. The molecule has 0 spiro atoms. The van der Waals surface area contributed by atoms with Crippen LogP contribution in [0.2, 0.25) is 0 Å². The highest BCUT2D eigenvalue weighted by Crippen LogP contribution is 2.19. The molecule has 162 valence electrons. The molecule has 0 aromatic heterocycles. The molecule has 3 rings (SSSR count). The summed E-state index contributed by atoms with van der Waals surface area (Å²) in [6, 6.07) is 27.8. The van der Waals surface area contributed by atoms with Gasteiger partial charge in [-0.15, -0.1) is 0 Å². The Morgan fingerprint density at radius 2 is 1.48 bits per heavy atom. The number of thiol groups is 1. The third-order valence-corrected chi connectivity index (χ3v) is 5.38. The van der Waals surface area contributed by atoms with E-state index in [0.717, 1.165) is 37.9 Å². The highest BCUT2D eigenvalue weighted by atomic mass is 32.1. The van der Waals surface area contributed by atoms with Gasteiger partial charge >= 0.3 is 6.03 Å². The molecule has 0 aliphatic rings. The van der Waals surface area contributed by atoms with E-state index >= 15 is 0 Å². The Labute approximate surface area is 190 Å². The van der Waals surface area contributed by atoms with Gasteiger partial charge in [0.25, 0.3) is 0 Å². The second kappa shape index (κ2) is 12.7. The number of ether oxygens (including phenoxy) is 1. The minimum atomic E-state index is -0.252. The molecule has 0 heterocycles. The zero-order valence-electron chi connectivity index (χ0n) is 17.7. The summed E-state index contributed by atoms with van der Waals surface area (Å²) < 4.78 is 7.26. The van der Waals surface area contributed by atoms with Crippen LogP contribution in [-0.2, 0) is 12.8 Å². The number of urea groups is 1. The van der Waals surface area contributed by atoms with Gasteiger partial charge in [0.2, 0.25) is 0 Å². The minimum absolute atomic E-state index is 0.252. The standard InChI is InChI=1S/C26H30N2O2S/c29-26(28(31)19-18-23-14-6-2-7-15-23)27-24-16-10-17-25(21-24)30-20-9-3-8-13-22-11-4-1-5-12-22/h1-2,4-7,10-12,14-17,21,31H,3,8-9,13,18-20H2,(H,27,29). The number of carbonyl (C=O) groups excluding carboxylic acids is 1. The Bertz CT molecular complexity index is 919. The van der Waals surface area contributed by atoms with E-state index in [1.807, 2.05) is 60.7 Å². The molecule has 0 saturated carbocycles. The van der Waals surface area contributed by atoms with Gasteiger partial charge in [-0.3, -0.25) is 4.31 Å². The van der Waals surface area contributed by atoms with Crippen LogP contribution in [0.4, 0.5) is 10.5 Å². The summed E-state index contributed by atoms with van der Waals surface area (Å²) in [5.74, 6) is 0.760. The molecule has 2 amide bonds. The number of unbranched alkanes of at least 4 members (excludes halogenated alkanes) is 2. The van der Waals surface area contributed by atoms with Gasteiger partial charge in [0.1, 0.15) is 5.75 Å². The topological polar surface area (TPSA) is 41.6 Å². The molecule has 0 unspecified atom stereocenters. The predicted molar refractivity (Wildman–Crippen MR) is 131 cm³/mol. The fourth-order valence-electron chi connectivity index (χ4n) is 3.28. The van der Waals surface area contributed by atoms with Crippen LogP contribution < -0.4 is 10.1 Å². The molecule has 0 aliphatic carbocycles. The molecule has 31 heavy (non-hydrogen) atoms. The van der Waals surface area contributed by atoms with Crippen LogP contribution in [0.3, 0.4) is 0 Å². The number of aryl methyl sites for hydroxylation is 1. The maximum absolute atomic E-state index is 12.4. The lowest BCUT2D eigenvalue weighted by molar-refractivity contribution is 0.239. The van der Waals surface area contributed by atoms with E-state index in [-0.39, 0.29) is 6.03 Å². The second-order valence-corrected chi connectivity index (χ2v) is 7.94. The first-order valence-corrected chi connectivity index (χ1v) is 11.2. The van der Waals surface area contributed by atoms with E-state index in [2.05, 4.69) is 42.4 Å². The fraction of sp³-hybridized carbons (Fsp3) is 0.269. The largest absolute Gasteiger partial charge is 0.494 e. The van der Waals surface area contributed by atoms with Crippen LogP contribution in [0.1, 0.15) is 30.4 Å². The van der Waals surface area contributed by atoms with Crippen molar-refractivity contribution in [2.24, 2.45) is 0 Å². The van der Waals surface area contributed by atoms with Crippen LogP contribution in [-0.4, -0.2) is 23.5 Å². The maximum Gasteiger partial charge on any atom is 0.331 e. The summed E-state index contributed by atoms with van der Waals surface area (Å²) >= 11 is 4.32. The van der Waals surface area contributed by atoms with Gasteiger partial charge in [0.15, 0.2) is 0 Å². The van der Waals surface area contributed by atoms with Gasteiger partial charge in [-0.2, -0.15) is 0 Å². The molecule has 0 aliphatic heterocycles. The lowest BCUT2D eigenvalue weighted by Gasteiger charge is -2.17. The van der Waals surface area contributed by atoms with Crippen molar-refractivity contribution in [1.29, 1.82) is 0 Å². The molecule has 3 aromatic rings. The van der Waals surface area contributed by atoms with Crippen molar-refractivity contribution >= 4 is 24.5 Å². The van der Waals surface area contributed by atoms with E-state index in [1.165, 1.54) is 15.4 Å². The lowest BCUT2D eigenvalue weighted by Crippen LogP contribution is -2.28. The highest BCUT2D eigenvalue weighted by molar-refractivity contribution is 7.78. The summed E-state index contributed by atoms with van der Waals surface area (Å²) in [4.78, 5) is 12.4. The Hall–Kier alpha value is -2.92. The zero-order chi connectivity index (χ0) is 21.7. The number of carbonyl (C=O) groups is 1. The SMILES string of the molecule is O=C(Nc1cccc(OCCCCCc2ccccc2)c1)N(S)CCc1ccccc1. The Balaban J connectivity index is 1.35. The average molecular weight is 435 g/mol. The lowest BCUT2D eigenvalue weighted by atomic mass is 10.1. The van der Waals surface area contributed by atoms with E-state index < -0.39 is 0 Å². The molecule has 0 bridgehead atoms. The number of nitrogens with zero attached hydrogens (tertiary/aromatic N) is 1. The number of anilines is 1. The molecule has 0 atom stereocenters. The summed E-state index contributed by atoms with van der Waals surface area (Å²) in [5, 5.41) is 2.88. The van der Waals surface area contributed by atoms with Crippen LogP contribution in [0.5, 0.6) is 5.75 Å². The first kappa shape index (κ1) is 22.8. The Morgan fingerprint density at radius 1 is 0.806 bits per heavy atom. The fourth-order valence-corrected chi connectivity index (χ4v) is 3.43. The first-order valence-electron chi connectivity index (χ1n) is 10.8. The minimum Gasteiger partial charge on any atom is -0.494 e. The third kappa shape index (κ3) is 8.38. The van der Waals surface area contributed by atoms with Crippen molar-refractivity contribution in [3.63, 3.8) is 0 Å². The molecule has 0 radical (unpaired) electrons. The van der Waals surface area contributed by atoms with Gasteiger partial charge in [0, 0.05) is 18.3 Å². The second-order valence-electron chi connectivity index (χ2n) is 7.46. The predicted octanol–water partition coefficient (Wildman–Crippen LogP) is 6.40. The quantitative estimate of drug-likeness (QED) is 0.271. The van der Waals surface area contributed by atoms with Crippen LogP contribution in [0, 0.1) is 0 Å². The number of amides is 2. The third-order valence-electron chi connectivity index (χ3n) is 5.00. The zero-order valence-corrected chi connectivity index (χ0v) is 18.6. The van der Waals surface area contributed by atoms with Gasteiger partial charge < -0.3 is 10.1 Å². The first-order chi connectivity index (χ1) is 15.2. The Kier molecular flexibility index (Phi) is 9.32. The number of hydrogen-bond acceptors (Lipinski definition) is 3. The maximum atomic E-state index is 12.4. The summed E-state index contributed by atoms with van der Waals surface area (Å²) in [5.41, 5.74) is 3.26. The number of rotatable bonds is 11. The van der Waals surface area contributed by atoms with E-state index in [9.17, 15) is 4.79 Å². The molecular weight excluding hydrogens is 404 g/mol. The number of benzene rings is 3. The summed E-state index contributed by atoms with van der Waals surface area (Å²) in [6.07, 6.45) is 5.15. The molecule has 0 saturated heterocycles. The normalized spacial score (nSPS) is 10.5. The Morgan fingerprint density at radius 3 is 2.19 bits per heavy atom. The van der Waals surface area contributed by atoms with E-state index in [4.69, 9.17) is 4.74 Å². The monoisotopic (exact) mass is 434 g/mol. The van der Waals surface area contributed by atoms with Crippen LogP contribution in [0.15, 0.2) is 84.9 Å². The van der Waals surface area contributed by atoms with Crippen LogP contribution in [0.25, 0.3) is 0 Å². The van der Waals surface area contributed by atoms with Gasteiger partial charge in [0.05, 0.1) is 6.61 Å². The van der Waals surface area contributed by atoms with Crippen LogP contribution >= 0.6 is 12.8 Å². The van der Waals surface area contributed by atoms with Crippen molar-refractivity contribution in [1.82, 2.24) is 4.31 Å². The van der Waals surface area contributed by atoms with Crippen molar-refractivity contribution < 1.29 is 9.53 Å². The van der Waals surface area contributed by atoms with Gasteiger partial charge in [-0.1, -0.05) is 79.5 Å². The van der Waals surface area contributed by atoms with E-state index in [1.54, 1.807) is 0 Å². The molecule has 4 nitrogen and oxygen atoms in total. The molecule has 3 aromatic carbocycles. The molecular formula is C26H30N2O2S. The van der Waals surface area contributed by atoms with Crippen molar-refractivity contribution in [3.8, 4) is 5.75 Å². The summed E-state index contributed by atoms with van der Waals surface area (Å²) in [6.45, 7) is 1.19. The number of nitrogens with one attached hydrogen (secondary N) is 1. The molecule has 0 fully saturated rings. The van der Waals surface area contributed by atoms with Crippen molar-refractivity contribution in [3.05, 3.63) is 96.1 Å². The molecule has 5 heteroatoms. The van der Waals surface area contributed by atoms with Crippen molar-refractivity contribution in [2.45, 2.75) is 32.1 Å². The number of hydrogen-bond donors (Lipinski definition) is 2. The molecule has 1 N–H and O–H groups in total. The van der Waals surface area contributed by atoms with E-state index in [0.29, 0.717) is 18.8 Å². The van der Waals surface area contributed by atoms with Gasteiger partial charge in [-0.25, -0.2) is 4.79 Å². The smallest absolute Gasteiger partial charge is 0.331 e. The summed E-state index contributed by atoms with van der Waals surface area (Å²) in [7, 11) is 0. The van der Waals surface area contributed by atoms with Crippen molar-refractivity contribution in [2.75, 3.05) is 18.5 Å². The van der Waals surface area contributed by atoms with Gasteiger partial charge in [-0.05, 0) is 55.4 Å².